The number of hydrogen-bond donors (Lipinski definition) is 2. The van der Waals surface area contributed by atoms with Crippen molar-refractivity contribution in [2.75, 3.05) is 0 Å². The van der Waals surface area contributed by atoms with Crippen molar-refractivity contribution in [3.63, 3.8) is 0 Å². The third-order valence-corrected chi connectivity index (χ3v) is 1.24. The zero-order chi connectivity index (χ0) is 8.43. The summed E-state index contributed by atoms with van der Waals surface area (Å²) in [6.07, 6.45) is -0.259. The van der Waals surface area contributed by atoms with E-state index >= 15 is 0 Å². The van der Waals surface area contributed by atoms with E-state index in [0.717, 1.165) is 0 Å². The van der Waals surface area contributed by atoms with E-state index in [1.54, 1.807) is 6.92 Å². The fourth-order valence-corrected chi connectivity index (χ4v) is 0.743. The van der Waals surface area contributed by atoms with Gasteiger partial charge in [-0.2, -0.15) is 0 Å². The van der Waals surface area contributed by atoms with E-state index in [1.165, 1.54) is 0 Å². The quantitative estimate of drug-likeness (QED) is 0.628. The molecule has 0 atom stereocenters. The Morgan fingerprint density at radius 2 is 2.36 bits per heavy atom. The Labute approximate surface area is 61.7 Å². The van der Waals surface area contributed by atoms with Gasteiger partial charge in [-0.25, -0.2) is 4.79 Å². The molecule has 1 rings (SSSR count). The number of aryl methyl sites for hydroxylation is 1. The number of H-pyrrole nitrogens is 1. The Hall–Kier alpha value is -1.52. The summed E-state index contributed by atoms with van der Waals surface area (Å²) in [7, 11) is 0. The molecule has 0 radical (unpaired) electrons. The second-order valence-electron chi connectivity index (χ2n) is 2.13. The van der Waals surface area contributed by atoms with Gasteiger partial charge in [-0.15, -0.1) is 0 Å². The molecule has 0 fully saturated rings. The predicted octanol–water partition coefficient (Wildman–Crippen LogP) is -0.0966. The molecule has 0 saturated carbocycles. The Morgan fingerprint density at radius 3 is 2.73 bits per heavy atom. The number of aromatic amines is 1. The molecule has 0 aliphatic carbocycles. The highest BCUT2D eigenvalue weighted by Crippen LogP contribution is 2.01. The number of carboxylic acids is 1. The first-order valence-electron chi connectivity index (χ1n) is 3.00. The Kier molecular flexibility index (Phi) is 1.80. The highest BCUT2D eigenvalue weighted by atomic mass is 16.4. The van der Waals surface area contributed by atoms with E-state index in [0.29, 0.717) is 5.69 Å². The molecule has 0 bridgehead atoms. The molecule has 2 N–H and O–H groups in total. The summed E-state index contributed by atoms with van der Waals surface area (Å²) in [6, 6.07) is 0. The molecule has 0 aliphatic rings. The first kappa shape index (κ1) is 7.59. The molecule has 5 nitrogen and oxygen atoms in total. The first-order chi connectivity index (χ1) is 5.09. The number of carbonyl (C=O) groups is 1. The summed E-state index contributed by atoms with van der Waals surface area (Å²) < 4.78 is 4.53. The van der Waals surface area contributed by atoms with Gasteiger partial charge < -0.3 is 9.52 Å². The number of nitrogens with one attached hydrogen (secondary N) is 1. The number of rotatable bonds is 2. The second kappa shape index (κ2) is 2.61. The van der Waals surface area contributed by atoms with E-state index in [-0.39, 0.29) is 12.2 Å². The van der Waals surface area contributed by atoms with Gasteiger partial charge in [0.2, 0.25) is 0 Å². The fraction of sp³-hybridized carbons (Fsp3) is 0.333. The Morgan fingerprint density at radius 1 is 1.73 bits per heavy atom. The van der Waals surface area contributed by atoms with E-state index in [4.69, 9.17) is 5.11 Å². The van der Waals surface area contributed by atoms with Crippen LogP contribution in [0.25, 0.3) is 0 Å². The van der Waals surface area contributed by atoms with Gasteiger partial charge in [0, 0.05) is 0 Å². The van der Waals surface area contributed by atoms with Crippen molar-refractivity contribution >= 4 is 5.97 Å². The van der Waals surface area contributed by atoms with Crippen LogP contribution in [0.2, 0.25) is 0 Å². The molecular formula is C6H7NO4. The van der Waals surface area contributed by atoms with Crippen LogP contribution in [0, 0.1) is 6.92 Å². The molecule has 0 spiro atoms. The van der Waals surface area contributed by atoms with Crippen LogP contribution >= 0.6 is 0 Å². The smallest absolute Gasteiger partial charge is 0.416 e. The molecule has 60 valence electrons. The minimum Gasteiger partial charge on any atom is -0.481 e. The largest absolute Gasteiger partial charge is 0.481 e. The van der Waals surface area contributed by atoms with Gasteiger partial charge >= 0.3 is 11.7 Å². The van der Waals surface area contributed by atoms with Gasteiger partial charge in [-0.3, -0.25) is 9.78 Å². The molecular weight excluding hydrogens is 150 g/mol. The van der Waals surface area contributed by atoms with Gasteiger partial charge in [0.15, 0.2) is 0 Å². The highest BCUT2D eigenvalue weighted by molar-refractivity contribution is 5.69. The molecule has 0 amide bonds. The maximum absolute atomic E-state index is 10.5. The monoisotopic (exact) mass is 157 g/mol. The number of aromatic nitrogens is 1. The first-order valence-corrected chi connectivity index (χ1v) is 3.00. The number of aliphatic carboxylic acids is 1. The molecule has 0 unspecified atom stereocenters. The number of carboxylic acid groups (broad SMARTS) is 1. The van der Waals surface area contributed by atoms with Crippen molar-refractivity contribution in [3.8, 4) is 0 Å². The third kappa shape index (κ3) is 1.70. The van der Waals surface area contributed by atoms with Crippen LogP contribution in [-0.4, -0.2) is 16.1 Å². The van der Waals surface area contributed by atoms with E-state index in [9.17, 15) is 9.59 Å². The van der Waals surface area contributed by atoms with Crippen LogP contribution in [0.1, 0.15) is 11.5 Å². The molecule has 1 aromatic heterocycles. The van der Waals surface area contributed by atoms with Gasteiger partial charge in [0.1, 0.15) is 12.2 Å². The average Bonchev–Trinajstić information content (AvgIpc) is 2.09. The zero-order valence-electron chi connectivity index (χ0n) is 5.88. The summed E-state index contributed by atoms with van der Waals surface area (Å²) in [5.74, 6) is -1.45. The van der Waals surface area contributed by atoms with Crippen molar-refractivity contribution in [3.05, 3.63) is 22.0 Å². The lowest BCUT2D eigenvalue weighted by Crippen LogP contribution is -2.00. The maximum atomic E-state index is 10.5. The van der Waals surface area contributed by atoms with E-state index in [1.807, 2.05) is 0 Å². The van der Waals surface area contributed by atoms with Crippen molar-refractivity contribution in [1.29, 1.82) is 0 Å². The summed E-state index contributed by atoms with van der Waals surface area (Å²) in [4.78, 5) is 23.0. The summed E-state index contributed by atoms with van der Waals surface area (Å²) >= 11 is 0. The molecule has 5 heteroatoms. The van der Waals surface area contributed by atoms with Gasteiger partial charge in [-0.1, -0.05) is 0 Å². The van der Waals surface area contributed by atoms with Crippen LogP contribution in [-0.2, 0) is 11.2 Å². The lowest BCUT2D eigenvalue weighted by molar-refractivity contribution is -0.136. The van der Waals surface area contributed by atoms with Crippen molar-refractivity contribution in [1.82, 2.24) is 4.98 Å². The molecule has 1 heterocycles. The number of hydrogen-bond acceptors (Lipinski definition) is 3. The Bertz CT molecular complexity index is 322. The minimum absolute atomic E-state index is 0.183. The van der Waals surface area contributed by atoms with Crippen LogP contribution in [0.15, 0.2) is 9.21 Å². The van der Waals surface area contributed by atoms with Crippen LogP contribution < -0.4 is 5.76 Å². The van der Waals surface area contributed by atoms with E-state index in [2.05, 4.69) is 9.40 Å². The van der Waals surface area contributed by atoms with Crippen molar-refractivity contribution < 1.29 is 14.3 Å². The topological polar surface area (TPSA) is 83.3 Å². The second-order valence-corrected chi connectivity index (χ2v) is 2.13. The lowest BCUT2D eigenvalue weighted by Gasteiger charge is -1.88. The normalized spacial score (nSPS) is 9.91. The van der Waals surface area contributed by atoms with Gasteiger partial charge in [0.25, 0.3) is 0 Å². The summed E-state index contributed by atoms with van der Waals surface area (Å²) in [5, 5.41) is 8.32. The third-order valence-electron chi connectivity index (χ3n) is 1.24. The van der Waals surface area contributed by atoms with Crippen LogP contribution in [0.5, 0.6) is 0 Å². The van der Waals surface area contributed by atoms with Crippen molar-refractivity contribution in [2.45, 2.75) is 13.3 Å². The predicted molar refractivity (Wildman–Crippen MR) is 35.4 cm³/mol. The molecule has 0 aliphatic heterocycles. The van der Waals surface area contributed by atoms with Gasteiger partial charge in [0.05, 0.1) is 5.69 Å². The maximum Gasteiger partial charge on any atom is 0.416 e. The van der Waals surface area contributed by atoms with E-state index < -0.39 is 11.7 Å². The van der Waals surface area contributed by atoms with Gasteiger partial charge in [-0.05, 0) is 6.92 Å². The SMILES string of the molecule is Cc1[nH]c(=O)oc1CC(=O)O. The molecule has 0 aromatic carbocycles. The molecule has 11 heavy (non-hydrogen) atoms. The summed E-state index contributed by atoms with van der Waals surface area (Å²) in [5.41, 5.74) is 0.470. The standard InChI is InChI=1S/C6H7NO4/c1-3-4(2-5(8)9)11-6(10)7-3/h2H2,1H3,(H,7,10)(H,8,9). The summed E-state index contributed by atoms with van der Waals surface area (Å²) in [6.45, 7) is 1.59. The average molecular weight is 157 g/mol. The Balaban J connectivity index is 2.94. The van der Waals surface area contributed by atoms with Crippen LogP contribution in [0.4, 0.5) is 0 Å². The van der Waals surface area contributed by atoms with Crippen LogP contribution in [0.3, 0.4) is 0 Å². The minimum atomic E-state index is -1.02. The highest BCUT2D eigenvalue weighted by Gasteiger charge is 2.08. The fourth-order valence-electron chi connectivity index (χ4n) is 0.743. The molecule has 1 aromatic rings. The molecule has 0 saturated heterocycles. The zero-order valence-corrected chi connectivity index (χ0v) is 5.88. The lowest BCUT2D eigenvalue weighted by atomic mass is 10.3. The van der Waals surface area contributed by atoms with Crippen molar-refractivity contribution in [2.24, 2.45) is 0 Å². The number of oxazole rings is 1.